The predicted molar refractivity (Wildman–Crippen MR) is 44.1 cm³/mol. The van der Waals surface area contributed by atoms with Gasteiger partial charge in [0.15, 0.2) is 9.84 Å². The van der Waals surface area contributed by atoms with Crippen LogP contribution in [0.1, 0.15) is 26.2 Å². The molecule has 2 nitrogen and oxygen atoms in total. The zero-order valence-corrected chi connectivity index (χ0v) is 7.60. The van der Waals surface area contributed by atoms with Crippen LogP contribution in [0.25, 0.3) is 0 Å². The van der Waals surface area contributed by atoms with Gasteiger partial charge in [-0.2, -0.15) is 0 Å². The van der Waals surface area contributed by atoms with Gasteiger partial charge in [0.05, 0.1) is 11.0 Å². The second kappa shape index (κ2) is 2.22. The van der Waals surface area contributed by atoms with Crippen molar-refractivity contribution in [3.63, 3.8) is 0 Å². The van der Waals surface area contributed by atoms with Crippen LogP contribution in [0.5, 0.6) is 0 Å². The monoisotopic (exact) mass is 174 g/mol. The Hall–Kier alpha value is -0.0500. The molecule has 1 heterocycles. The van der Waals surface area contributed by atoms with Gasteiger partial charge in [0.25, 0.3) is 0 Å². The van der Waals surface area contributed by atoms with Crippen molar-refractivity contribution >= 4 is 9.84 Å². The van der Waals surface area contributed by atoms with E-state index in [1.54, 1.807) is 0 Å². The van der Waals surface area contributed by atoms with Gasteiger partial charge in [0.1, 0.15) is 0 Å². The average Bonchev–Trinajstić information content (AvgIpc) is 2.37. The van der Waals surface area contributed by atoms with Gasteiger partial charge in [-0.25, -0.2) is 8.42 Å². The van der Waals surface area contributed by atoms with Crippen molar-refractivity contribution in [1.82, 2.24) is 0 Å². The van der Waals surface area contributed by atoms with E-state index in [4.69, 9.17) is 0 Å². The molecule has 3 heteroatoms. The van der Waals surface area contributed by atoms with Crippen molar-refractivity contribution in [1.29, 1.82) is 0 Å². The third-order valence-corrected chi connectivity index (χ3v) is 5.69. The molecule has 0 amide bonds. The Labute approximate surface area is 67.9 Å². The maximum absolute atomic E-state index is 11.5. The van der Waals surface area contributed by atoms with E-state index in [1.165, 1.54) is 0 Å². The molecule has 1 aliphatic heterocycles. The van der Waals surface area contributed by atoms with Crippen molar-refractivity contribution in [2.24, 2.45) is 11.8 Å². The minimum atomic E-state index is -2.67. The highest BCUT2D eigenvalue weighted by atomic mass is 32.2. The molecule has 11 heavy (non-hydrogen) atoms. The Kier molecular flexibility index (Phi) is 1.53. The lowest BCUT2D eigenvalue weighted by molar-refractivity contribution is 0.432. The average molecular weight is 174 g/mol. The highest BCUT2D eigenvalue weighted by Crippen LogP contribution is 2.42. The summed E-state index contributed by atoms with van der Waals surface area (Å²) in [6, 6.07) is 0. The molecule has 2 rings (SSSR count). The number of fused-ring (bicyclic) bond motifs is 1. The van der Waals surface area contributed by atoms with Crippen LogP contribution in [-0.2, 0) is 9.84 Å². The summed E-state index contributed by atoms with van der Waals surface area (Å²) >= 11 is 0. The Morgan fingerprint density at radius 1 is 1.27 bits per heavy atom. The summed E-state index contributed by atoms with van der Waals surface area (Å²) in [6.45, 7) is 2.08. The maximum Gasteiger partial charge on any atom is 0.153 e. The first-order valence-corrected chi connectivity index (χ1v) is 6.04. The zero-order chi connectivity index (χ0) is 8.06. The van der Waals surface area contributed by atoms with Gasteiger partial charge in [-0.3, -0.25) is 0 Å². The van der Waals surface area contributed by atoms with E-state index >= 15 is 0 Å². The van der Waals surface area contributed by atoms with Gasteiger partial charge in [-0.1, -0.05) is 13.3 Å². The molecule has 1 saturated carbocycles. The molecule has 0 spiro atoms. The lowest BCUT2D eigenvalue weighted by Gasteiger charge is -2.09. The van der Waals surface area contributed by atoms with E-state index in [0.29, 0.717) is 17.6 Å². The molecule has 1 saturated heterocycles. The largest absolute Gasteiger partial charge is 0.229 e. The number of rotatable bonds is 0. The van der Waals surface area contributed by atoms with Crippen LogP contribution >= 0.6 is 0 Å². The van der Waals surface area contributed by atoms with Gasteiger partial charge >= 0.3 is 0 Å². The molecule has 3 unspecified atom stereocenters. The van der Waals surface area contributed by atoms with Crippen LogP contribution < -0.4 is 0 Å². The summed E-state index contributed by atoms with van der Waals surface area (Å²) < 4.78 is 22.9. The van der Waals surface area contributed by atoms with Crippen molar-refractivity contribution in [2.75, 3.05) is 5.75 Å². The molecule has 64 valence electrons. The summed E-state index contributed by atoms with van der Waals surface area (Å²) in [5.41, 5.74) is 0. The van der Waals surface area contributed by atoms with Crippen molar-refractivity contribution in [3.05, 3.63) is 0 Å². The van der Waals surface area contributed by atoms with E-state index in [9.17, 15) is 8.42 Å². The summed E-state index contributed by atoms with van der Waals surface area (Å²) in [4.78, 5) is 0. The molecular formula is C8H14O2S. The molecule has 1 aliphatic carbocycles. The third-order valence-electron chi connectivity index (χ3n) is 3.19. The predicted octanol–water partition coefficient (Wildman–Crippen LogP) is 1.22. The summed E-state index contributed by atoms with van der Waals surface area (Å²) in [5.74, 6) is 1.37. The molecule has 2 aliphatic rings. The van der Waals surface area contributed by atoms with Gasteiger partial charge in [-0.15, -0.1) is 0 Å². The summed E-state index contributed by atoms with van der Waals surface area (Å²) in [5, 5.41) is 0.0394. The molecule has 0 aromatic heterocycles. The minimum Gasteiger partial charge on any atom is -0.229 e. The first-order valence-electron chi connectivity index (χ1n) is 4.33. The fourth-order valence-electron chi connectivity index (χ4n) is 2.67. The van der Waals surface area contributed by atoms with Gasteiger partial charge in [0.2, 0.25) is 0 Å². The maximum atomic E-state index is 11.5. The van der Waals surface area contributed by atoms with E-state index in [1.807, 2.05) is 0 Å². The Bertz CT molecular complexity index is 255. The van der Waals surface area contributed by atoms with Crippen LogP contribution in [0.4, 0.5) is 0 Å². The van der Waals surface area contributed by atoms with Crippen molar-refractivity contribution in [2.45, 2.75) is 31.4 Å². The summed E-state index contributed by atoms with van der Waals surface area (Å²) in [6.07, 6.45) is 3.20. The standard InChI is InChI=1S/C8H14O2S/c1-6-5-11(9,10)8-4-2-3-7(6)8/h6-8H,2-5H2,1H3. The van der Waals surface area contributed by atoms with Crippen LogP contribution in [0.2, 0.25) is 0 Å². The Morgan fingerprint density at radius 2 is 2.00 bits per heavy atom. The smallest absolute Gasteiger partial charge is 0.153 e. The highest BCUT2D eigenvalue weighted by molar-refractivity contribution is 7.92. The fraction of sp³-hybridized carbons (Fsp3) is 1.00. The lowest BCUT2D eigenvalue weighted by atomic mass is 9.95. The SMILES string of the molecule is CC1CS(=O)(=O)C2CCCC12. The van der Waals surface area contributed by atoms with Crippen molar-refractivity contribution < 1.29 is 8.42 Å². The van der Waals surface area contributed by atoms with Gasteiger partial charge in [0, 0.05) is 0 Å². The highest BCUT2D eigenvalue weighted by Gasteiger charge is 2.47. The van der Waals surface area contributed by atoms with Crippen LogP contribution in [-0.4, -0.2) is 19.4 Å². The van der Waals surface area contributed by atoms with E-state index < -0.39 is 9.84 Å². The Morgan fingerprint density at radius 3 is 2.64 bits per heavy atom. The zero-order valence-electron chi connectivity index (χ0n) is 6.79. The first kappa shape index (κ1) is 7.59. The van der Waals surface area contributed by atoms with E-state index in [2.05, 4.69) is 6.92 Å². The molecule has 3 atom stereocenters. The topological polar surface area (TPSA) is 34.1 Å². The summed E-state index contributed by atoms with van der Waals surface area (Å²) in [7, 11) is -2.67. The molecule has 0 aromatic rings. The molecule has 0 radical (unpaired) electrons. The molecule has 0 aromatic carbocycles. The lowest BCUT2D eigenvalue weighted by Crippen LogP contribution is -2.16. The molecule has 0 N–H and O–H groups in total. The van der Waals surface area contributed by atoms with Crippen LogP contribution in [0.3, 0.4) is 0 Å². The first-order chi connectivity index (χ1) is 5.11. The van der Waals surface area contributed by atoms with Crippen LogP contribution in [0, 0.1) is 11.8 Å². The van der Waals surface area contributed by atoms with Gasteiger partial charge in [-0.05, 0) is 24.7 Å². The normalized spacial score (nSPS) is 47.5. The van der Waals surface area contributed by atoms with E-state index in [0.717, 1.165) is 19.3 Å². The van der Waals surface area contributed by atoms with Gasteiger partial charge < -0.3 is 0 Å². The molecule has 2 fully saturated rings. The fourth-order valence-corrected chi connectivity index (χ4v) is 5.36. The minimum absolute atomic E-state index is 0.0394. The second-order valence-electron chi connectivity index (χ2n) is 3.94. The third kappa shape index (κ3) is 1.01. The Balaban J connectivity index is 2.35. The number of hydrogen-bond acceptors (Lipinski definition) is 2. The van der Waals surface area contributed by atoms with Crippen LogP contribution in [0.15, 0.2) is 0 Å². The number of sulfone groups is 1. The van der Waals surface area contributed by atoms with Crippen molar-refractivity contribution in [3.8, 4) is 0 Å². The molecular weight excluding hydrogens is 160 g/mol. The molecule has 0 bridgehead atoms. The number of hydrogen-bond donors (Lipinski definition) is 0. The second-order valence-corrected chi connectivity index (χ2v) is 6.20. The van der Waals surface area contributed by atoms with E-state index in [-0.39, 0.29) is 5.25 Å². The quantitative estimate of drug-likeness (QED) is 0.553.